The molecule has 0 spiro atoms. The van der Waals surface area contributed by atoms with Crippen LogP contribution in [-0.4, -0.2) is 43.9 Å². The molecule has 0 aliphatic heterocycles. The molecule has 1 atom stereocenters. The lowest BCUT2D eigenvalue weighted by atomic mass is 9.84. The number of hydrogen-bond acceptors (Lipinski definition) is 7. The van der Waals surface area contributed by atoms with Crippen molar-refractivity contribution in [1.82, 2.24) is 15.0 Å². The standard InChI is InChI=1S/C28H31N3O4S/c1-18(32)17-35-26(33)13-10-19-14-22(28(2,3)4)27(34)25(15-19)31-29-23-12-11-21(16-24(23)30-31)36-20-8-6-5-7-9-20/h5-9,11-12,14-16,18,32,34H,10,13,17H2,1-4H3. The number of aryl methyl sites for hydroxylation is 1. The molecule has 0 fully saturated rings. The summed E-state index contributed by atoms with van der Waals surface area (Å²) in [5.74, 6) is -0.267. The fraction of sp³-hybridized carbons (Fsp3) is 0.321. The highest BCUT2D eigenvalue weighted by atomic mass is 32.2. The Hall–Kier alpha value is -3.36. The zero-order chi connectivity index (χ0) is 25.9. The number of ether oxygens (including phenoxy) is 1. The Balaban J connectivity index is 1.65. The molecule has 0 saturated carbocycles. The zero-order valence-corrected chi connectivity index (χ0v) is 21.7. The summed E-state index contributed by atoms with van der Waals surface area (Å²) >= 11 is 1.65. The summed E-state index contributed by atoms with van der Waals surface area (Å²) < 4.78 is 5.08. The lowest BCUT2D eigenvalue weighted by Crippen LogP contribution is -2.16. The van der Waals surface area contributed by atoms with E-state index in [9.17, 15) is 15.0 Å². The molecule has 188 valence electrons. The lowest BCUT2D eigenvalue weighted by molar-refractivity contribution is -0.146. The number of esters is 1. The average Bonchev–Trinajstić information content (AvgIpc) is 3.25. The number of aromatic hydroxyl groups is 1. The SMILES string of the molecule is CC(O)COC(=O)CCc1cc(-n2nc3ccc(Sc4ccccc4)cc3n2)c(O)c(C(C)(C)C)c1. The molecule has 4 aromatic rings. The van der Waals surface area contributed by atoms with Crippen molar-refractivity contribution in [1.29, 1.82) is 0 Å². The molecule has 2 N–H and O–H groups in total. The number of carbonyl (C=O) groups is 1. The van der Waals surface area contributed by atoms with Gasteiger partial charge in [0, 0.05) is 21.8 Å². The molecule has 0 radical (unpaired) electrons. The van der Waals surface area contributed by atoms with Crippen molar-refractivity contribution in [3.8, 4) is 11.4 Å². The van der Waals surface area contributed by atoms with Gasteiger partial charge in [0.1, 0.15) is 29.1 Å². The molecule has 1 unspecified atom stereocenters. The molecule has 8 heteroatoms. The molecule has 0 saturated heterocycles. The number of carbonyl (C=O) groups excluding carboxylic acids is 1. The fourth-order valence-electron chi connectivity index (χ4n) is 3.77. The van der Waals surface area contributed by atoms with Gasteiger partial charge >= 0.3 is 5.97 Å². The molecule has 1 heterocycles. The highest BCUT2D eigenvalue weighted by Gasteiger charge is 2.23. The van der Waals surface area contributed by atoms with E-state index in [-0.39, 0.29) is 30.2 Å². The van der Waals surface area contributed by atoms with Crippen molar-refractivity contribution in [2.75, 3.05) is 6.61 Å². The number of aliphatic hydroxyl groups is 1. The largest absolute Gasteiger partial charge is 0.505 e. The number of nitrogens with zero attached hydrogens (tertiary/aromatic N) is 3. The Morgan fingerprint density at radius 1 is 1.03 bits per heavy atom. The molecule has 3 aromatic carbocycles. The Morgan fingerprint density at radius 2 is 1.75 bits per heavy atom. The summed E-state index contributed by atoms with van der Waals surface area (Å²) in [6.07, 6.45) is -0.115. The van der Waals surface area contributed by atoms with E-state index in [2.05, 4.69) is 22.3 Å². The lowest BCUT2D eigenvalue weighted by Gasteiger charge is -2.23. The van der Waals surface area contributed by atoms with Gasteiger partial charge in [-0.05, 0) is 60.7 Å². The van der Waals surface area contributed by atoms with Crippen LogP contribution in [0.2, 0.25) is 0 Å². The van der Waals surface area contributed by atoms with Crippen molar-refractivity contribution in [2.24, 2.45) is 0 Å². The van der Waals surface area contributed by atoms with E-state index in [4.69, 9.17) is 4.74 Å². The van der Waals surface area contributed by atoms with Gasteiger partial charge in [-0.3, -0.25) is 4.79 Å². The third-order valence-electron chi connectivity index (χ3n) is 5.61. The van der Waals surface area contributed by atoms with Crippen LogP contribution in [-0.2, 0) is 21.4 Å². The number of rotatable bonds is 8. The maximum atomic E-state index is 12.1. The molecule has 0 bridgehead atoms. The first kappa shape index (κ1) is 25.7. The minimum absolute atomic E-state index is 0.0265. The first-order valence-electron chi connectivity index (χ1n) is 11.9. The van der Waals surface area contributed by atoms with Gasteiger partial charge in [-0.2, -0.15) is 0 Å². The van der Waals surface area contributed by atoms with Crippen LogP contribution < -0.4 is 0 Å². The number of phenols is 1. The molecular formula is C28H31N3O4S. The van der Waals surface area contributed by atoms with E-state index in [1.165, 1.54) is 4.80 Å². The second-order valence-corrected chi connectivity index (χ2v) is 11.0. The van der Waals surface area contributed by atoms with E-state index >= 15 is 0 Å². The molecular weight excluding hydrogens is 474 g/mol. The molecule has 4 rings (SSSR count). The predicted octanol–water partition coefficient (Wildman–Crippen LogP) is 5.43. The number of fused-ring (bicyclic) bond motifs is 1. The van der Waals surface area contributed by atoms with Crippen molar-refractivity contribution >= 4 is 28.8 Å². The summed E-state index contributed by atoms with van der Waals surface area (Å²) in [6, 6.07) is 19.8. The van der Waals surface area contributed by atoms with Gasteiger partial charge in [-0.25, -0.2) is 0 Å². The number of aliphatic hydroxyl groups excluding tert-OH is 1. The van der Waals surface area contributed by atoms with Gasteiger partial charge in [-0.1, -0.05) is 56.8 Å². The number of aromatic nitrogens is 3. The highest BCUT2D eigenvalue weighted by Crippen LogP contribution is 2.37. The monoisotopic (exact) mass is 505 g/mol. The van der Waals surface area contributed by atoms with Gasteiger partial charge in [0.25, 0.3) is 0 Å². The van der Waals surface area contributed by atoms with Gasteiger partial charge in [0.05, 0.1) is 6.10 Å². The minimum atomic E-state index is -0.701. The number of benzene rings is 3. The second-order valence-electron chi connectivity index (χ2n) is 9.85. The molecule has 36 heavy (non-hydrogen) atoms. The highest BCUT2D eigenvalue weighted by molar-refractivity contribution is 7.99. The number of phenolic OH excluding ortho intramolecular Hbond substituents is 1. The van der Waals surface area contributed by atoms with Gasteiger partial charge < -0.3 is 14.9 Å². The van der Waals surface area contributed by atoms with E-state index in [0.29, 0.717) is 12.1 Å². The maximum absolute atomic E-state index is 12.1. The predicted molar refractivity (Wildman–Crippen MR) is 141 cm³/mol. The van der Waals surface area contributed by atoms with Crippen LogP contribution in [0.25, 0.3) is 16.7 Å². The van der Waals surface area contributed by atoms with Gasteiger partial charge in [0.15, 0.2) is 0 Å². The smallest absolute Gasteiger partial charge is 0.306 e. The maximum Gasteiger partial charge on any atom is 0.306 e. The van der Waals surface area contributed by atoms with Crippen LogP contribution in [0, 0.1) is 0 Å². The van der Waals surface area contributed by atoms with Crippen LogP contribution in [0.1, 0.15) is 45.2 Å². The summed E-state index contributed by atoms with van der Waals surface area (Å²) in [5.41, 5.74) is 3.17. The third kappa shape index (κ3) is 6.25. The van der Waals surface area contributed by atoms with Crippen molar-refractivity contribution < 1.29 is 19.7 Å². The normalized spacial score (nSPS) is 12.6. The number of hydrogen-bond donors (Lipinski definition) is 2. The topological polar surface area (TPSA) is 97.5 Å². The summed E-state index contributed by atoms with van der Waals surface area (Å²) in [6.45, 7) is 7.60. The summed E-state index contributed by atoms with van der Waals surface area (Å²) in [7, 11) is 0. The van der Waals surface area contributed by atoms with Crippen LogP contribution in [0.5, 0.6) is 5.75 Å². The molecule has 1 aromatic heterocycles. The Labute approximate surface area is 215 Å². The fourth-order valence-corrected chi connectivity index (χ4v) is 4.64. The summed E-state index contributed by atoms with van der Waals surface area (Å²) in [4.78, 5) is 15.7. The Kier molecular flexibility index (Phi) is 7.66. The zero-order valence-electron chi connectivity index (χ0n) is 20.9. The van der Waals surface area contributed by atoms with E-state index < -0.39 is 6.10 Å². The Bertz CT molecular complexity index is 1360. The summed E-state index contributed by atoms with van der Waals surface area (Å²) in [5, 5.41) is 29.8. The quantitative estimate of drug-likeness (QED) is 0.308. The van der Waals surface area contributed by atoms with E-state index in [1.807, 2.05) is 69.3 Å². The van der Waals surface area contributed by atoms with Crippen molar-refractivity contribution in [3.05, 3.63) is 71.8 Å². The van der Waals surface area contributed by atoms with Crippen LogP contribution >= 0.6 is 11.8 Å². The second kappa shape index (κ2) is 10.7. The Morgan fingerprint density at radius 3 is 2.44 bits per heavy atom. The molecule has 0 aliphatic rings. The third-order valence-corrected chi connectivity index (χ3v) is 6.60. The van der Waals surface area contributed by atoms with Crippen LogP contribution in [0.4, 0.5) is 0 Å². The van der Waals surface area contributed by atoms with Crippen molar-refractivity contribution in [3.63, 3.8) is 0 Å². The first-order chi connectivity index (χ1) is 17.1. The van der Waals surface area contributed by atoms with E-state index in [0.717, 1.165) is 32.0 Å². The minimum Gasteiger partial charge on any atom is -0.505 e. The molecule has 0 aliphatic carbocycles. The average molecular weight is 506 g/mol. The van der Waals surface area contributed by atoms with Gasteiger partial charge in [-0.15, -0.1) is 15.0 Å². The van der Waals surface area contributed by atoms with E-state index in [1.54, 1.807) is 18.7 Å². The van der Waals surface area contributed by atoms with Gasteiger partial charge in [0.2, 0.25) is 0 Å². The first-order valence-corrected chi connectivity index (χ1v) is 12.7. The van der Waals surface area contributed by atoms with Crippen molar-refractivity contribution in [2.45, 2.75) is 61.8 Å². The molecule has 0 amide bonds. The van der Waals surface area contributed by atoms with Crippen LogP contribution in [0.15, 0.2) is 70.5 Å². The molecule has 7 nitrogen and oxygen atoms in total. The van der Waals surface area contributed by atoms with Crippen LogP contribution in [0.3, 0.4) is 0 Å².